The first-order chi connectivity index (χ1) is 8.20. The van der Waals surface area contributed by atoms with Crippen molar-refractivity contribution in [1.29, 1.82) is 0 Å². The Labute approximate surface area is 98.7 Å². The first kappa shape index (κ1) is 11.9. The van der Waals surface area contributed by atoms with Gasteiger partial charge in [-0.3, -0.25) is 4.79 Å². The largest absolute Gasteiger partial charge is 0.494 e. The number of carbonyl (C=O) groups excluding carboxylic acids is 1. The van der Waals surface area contributed by atoms with E-state index in [4.69, 9.17) is 9.47 Å². The Kier molecular flexibility index (Phi) is 3.58. The summed E-state index contributed by atoms with van der Waals surface area (Å²) in [7, 11) is 1.38. The molecule has 4 nitrogen and oxygen atoms in total. The fourth-order valence-corrected chi connectivity index (χ4v) is 1.72. The number of ether oxygens (including phenoxy) is 2. The standard InChI is InChI=1S/C12H14FNO3/c1-16-11-3-2-8(6-10(11)13)12(15)14-9-4-5-17-7-9/h2-3,6,9H,4-5,7H2,1H3,(H,14,15)/t9-/m0/s1. The van der Waals surface area contributed by atoms with Gasteiger partial charge in [0.25, 0.3) is 5.91 Å². The van der Waals surface area contributed by atoms with Gasteiger partial charge in [0.2, 0.25) is 0 Å². The van der Waals surface area contributed by atoms with Gasteiger partial charge in [0.1, 0.15) is 0 Å². The molecule has 1 aromatic rings. The third-order valence-corrected chi connectivity index (χ3v) is 2.68. The number of carbonyl (C=O) groups is 1. The zero-order valence-electron chi connectivity index (χ0n) is 9.53. The second kappa shape index (κ2) is 5.14. The molecule has 1 fully saturated rings. The van der Waals surface area contributed by atoms with Crippen LogP contribution in [0.3, 0.4) is 0 Å². The zero-order valence-corrected chi connectivity index (χ0v) is 9.53. The number of rotatable bonds is 3. The summed E-state index contributed by atoms with van der Waals surface area (Å²) in [5, 5.41) is 2.79. The summed E-state index contributed by atoms with van der Waals surface area (Å²) >= 11 is 0. The molecule has 0 unspecified atom stereocenters. The van der Waals surface area contributed by atoms with E-state index in [2.05, 4.69) is 5.32 Å². The van der Waals surface area contributed by atoms with Crippen LogP contribution < -0.4 is 10.1 Å². The number of nitrogens with one attached hydrogen (secondary N) is 1. The van der Waals surface area contributed by atoms with E-state index in [1.165, 1.54) is 25.3 Å². The topological polar surface area (TPSA) is 47.6 Å². The van der Waals surface area contributed by atoms with Gasteiger partial charge in [-0.15, -0.1) is 0 Å². The van der Waals surface area contributed by atoms with E-state index < -0.39 is 5.82 Å². The molecule has 1 aromatic carbocycles. The van der Waals surface area contributed by atoms with Gasteiger partial charge in [-0.05, 0) is 24.6 Å². The summed E-state index contributed by atoms with van der Waals surface area (Å²) in [4.78, 5) is 11.8. The molecule has 0 saturated carbocycles. The highest BCUT2D eigenvalue weighted by Gasteiger charge is 2.19. The maximum absolute atomic E-state index is 13.4. The monoisotopic (exact) mass is 239 g/mol. The molecule has 2 rings (SSSR count). The number of amides is 1. The Balaban J connectivity index is 2.05. The lowest BCUT2D eigenvalue weighted by atomic mass is 10.1. The first-order valence-corrected chi connectivity index (χ1v) is 5.43. The molecule has 0 spiro atoms. The average Bonchev–Trinajstić information content (AvgIpc) is 2.81. The van der Waals surface area contributed by atoms with E-state index in [1.54, 1.807) is 0 Å². The van der Waals surface area contributed by atoms with Crippen molar-refractivity contribution in [2.24, 2.45) is 0 Å². The van der Waals surface area contributed by atoms with Crippen LogP contribution in [-0.4, -0.2) is 32.3 Å². The molecular weight excluding hydrogens is 225 g/mol. The summed E-state index contributed by atoms with van der Waals surface area (Å²) in [5.74, 6) is -0.698. The fraction of sp³-hybridized carbons (Fsp3) is 0.417. The maximum atomic E-state index is 13.4. The van der Waals surface area contributed by atoms with Crippen molar-refractivity contribution in [3.63, 3.8) is 0 Å². The van der Waals surface area contributed by atoms with Crippen LogP contribution in [0.4, 0.5) is 4.39 Å². The lowest BCUT2D eigenvalue weighted by molar-refractivity contribution is 0.0929. The van der Waals surface area contributed by atoms with Gasteiger partial charge in [0, 0.05) is 12.2 Å². The van der Waals surface area contributed by atoms with E-state index >= 15 is 0 Å². The van der Waals surface area contributed by atoms with Gasteiger partial charge < -0.3 is 14.8 Å². The molecular formula is C12H14FNO3. The first-order valence-electron chi connectivity index (χ1n) is 5.43. The molecule has 1 atom stereocenters. The summed E-state index contributed by atoms with van der Waals surface area (Å²) < 4.78 is 23.3. The third-order valence-electron chi connectivity index (χ3n) is 2.68. The smallest absolute Gasteiger partial charge is 0.251 e. The molecule has 1 aliphatic rings. The Hall–Kier alpha value is -1.62. The van der Waals surface area contributed by atoms with Gasteiger partial charge in [0.05, 0.1) is 19.8 Å². The Morgan fingerprint density at radius 3 is 3.00 bits per heavy atom. The Morgan fingerprint density at radius 2 is 2.41 bits per heavy atom. The molecule has 0 radical (unpaired) electrons. The second-order valence-corrected chi connectivity index (χ2v) is 3.88. The third kappa shape index (κ3) is 2.74. The summed E-state index contributed by atoms with van der Waals surface area (Å²) in [6.07, 6.45) is 0.796. The van der Waals surface area contributed by atoms with Gasteiger partial charge in [-0.1, -0.05) is 0 Å². The van der Waals surface area contributed by atoms with Crippen LogP contribution in [0.25, 0.3) is 0 Å². The zero-order chi connectivity index (χ0) is 12.3. The molecule has 1 N–H and O–H groups in total. The number of methoxy groups -OCH3 is 1. The fourth-order valence-electron chi connectivity index (χ4n) is 1.72. The predicted molar refractivity (Wildman–Crippen MR) is 59.6 cm³/mol. The summed E-state index contributed by atoms with van der Waals surface area (Å²) in [6, 6.07) is 4.17. The van der Waals surface area contributed by atoms with Crippen LogP contribution in [0.15, 0.2) is 18.2 Å². The average molecular weight is 239 g/mol. The Morgan fingerprint density at radius 1 is 1.59 bits per heavy atom. The number of hydrogen-bond acceptors (Lipinski definition) is 3. The van der Waals surface area contributed by atoms with Gasteiger partial charge >= 0.3 is 0 Å². The molecule has 0 bridgehead atoms. The normalized spacial score (nSPS) is 19.1. The summed E-state index contributed by atoms with van der Waals surface area (Å²) in [6.45, 7) is 1.17. The molecule has 1 amide bonds. The van der Waals surface area contributed by atoms with Crippen LogP contribution in [-0.2, 0) is 4.74 Å². The lowest BCUT2D eigenvalue weighted by Gasteiger charge is -2.11. The number of benzene rings is 1. The van der Waals surface area contributed by atoms with Crippen LogP contribution in [0.2, 0.25) is 0 Å². The summed E-state index contributed by atoms with van der Waals surface area (Å²) in [5.41, 5.74) is 0.287. The molecule has 1 aliphatic heterocycles. The molecule has 92 valence electrons. The minimum Gasteiger partial charge on any atom is -0.494 e. The van der Waals surface area contributed by atoms with Crippen molar-refractivity contribution in [2.45, 2.75) is 12.5 Å². The van der Waals surface area contributed by atoms with E-state index in [9.17, 15) is 9.18 Å². The van der Waals surface area contributed by atoms with E-state index in [-0.39, 0.29) is 23.3 Å². The van der Waals surface area contributed by atoms with Gasteiger partial charge in [0.15, 0.2) is 11.6 Å². The van der Waals surface area contributed by atoms with Crippen molar-refractivity contribution in [3.8, 4) is 5.75 Å². The predicted octanol–water partition coefficient (Wildman–Crippen LogP) is 1.35. The SMILES string of the molecule is COc1ccc(C(=O)N[C@H]2CCOC2)cc1F. The minimum atomic E-state index is -0.539. The van der Waals surface area contributed by atoms with Crippen LogP contribution >= 0.6 is 0 Å². The van der Waals surface area contributed by atoms with Crippen molar-refractivity contribution in [1.82, 2.24) is 5.32 Å². The van der Waals surface area contributed by atoms with Crippen molar-refractivity contribution < 1.29 is 18.7 Å². The Bertz CT molecular complexity index is 416. The van der Waals surface area contributed by atoms with Crippen LogP contribution in [0, 0.1) is 5.82 Å². The van der Waals surface area contributed by atoms with Crippen molar-refractivity contribution in [3.05, 3.63) is 29.6 Å². The van der Waals surface area contributed by atoms with Gasteiger partial charge in [-0.2, -0.15) is 0 Å². The molecule has 17 heavy (non-hydrogen) atoms. The highest BCUT2D eigenvalue weighted by molar-refractivity contribution is 5.94. The van der Waals surface area contributed by atoms with E-state index in [0.29, 0.717) is 13.2 Å². The maximum Gasteiger partial charge on any atom is 0.251 e. The van der Waals surface area contributed by atoms with Crippen LogP contribution in [0.1, 0.15) is 16.8 Å². The number of halogens is 1. The molecule has 0 aliphatic carbocycles. The van der Waals surface area contributed by atoms with Crippen LogP contribution in [0.5, 0.6) is 5.75 Å². The molecule has 0 aromatic heterocycles. The highest BCUT2D eigenvalue weighted by Crippen LogP contribution is 2.17. The number of hydrogen-bond donors (Lipinski definition) is 1. The van der Waals surface area contributed by atoms with Crippen molar-refractivity contribution >= 4 is 5.91 Å². The second-order valence-electron chi connectivity index (χ2n) is 3.88. The molecule has 5 heteroatoms. The molecule has 1 heterocycles. The lowest BCUT2D eigenvalue weighted by Crippen LogP contribution is -2.35. The van der Waals surface area contributed by atoms with Crippen molar-refractivity contribution in [2.75, 3.05) is 20.3 Å². The quantitative estimate of drug-likeness (QED) is 0.866. The minimum absolute atomic E-state index is 0.0210. The van der Waals surface area contributed by atoms with Gasteiger partial charge in [-0.25, -0.2) is 4.39 Å². The van der Waals surface area contributed by atoms with E-state index in [1.807, 2.05) is 0 Å². The highest BCUT2D eigenvalue weighted by atomic mass is 19.1. The van der Waals surface area contributed by atoms with E-state index in [0.717, 1.165) is 6.42 Å². The molecule has 1 saturated heterocycles.